The van der Waals surface area contributed by atoms with Gasteiger partial charge >= 0.3 is 5.97 Å². The predicted octanol–water partition coefficient (Wildman–Crippen LogP) is 2.27. The average Bonchev–Trinajstić information content (AvgIpc) is 2.13. The molecule has 0 bridgehead atoms. The van der Waals surface area contributed by atoms with Crippen LogP contribution in [0, 0.1) is 0 Å². The molecule has 0 aliphatic rings. The standard InChI is InChI=1S/C11H22O3/c1-3-4-5-7-11(8-6-9-12)14-10(2)13/h11-12H,3-9H2,1-2H3/t11-/m0/s1. The van der Waals surface area contributed by atoms with Gasteiger partial charge in [0, 0.05) is 13.5 Å². The van der Waals surface area contributed by atoms with Crippen molar-refractivity contribution in [2.45, 2.75) is 58.5 Å². The second-order valence-corrected chi connectivity index (χ2v) is 3.59. The third-order valence-corrected chi connectivity index (χ3v) is 2.15. The van der Waals surface area contributed by atoms with Crippen LogP contribution in [0.3, 0.4) is 0 Å². The Kier molecular flexibility index (Phi) is 8.64. The van der Waals surface area contributed by atoms with E-state index < -0.39 is 0 Å². The van der Waals surface area contributed by atoms with Crippen LogP contribution in [-0.2, 0) is 9.53 Å². The summed E-state index contributed by atoms with van der Waals surface area (Å²) in [6.45, 7) is 3.76. The molecule has 0 aliphatic heterocycles. The third kappa shape index (κ3) is 8.05. The summed E-state index contributed by atoms with van der Waals surface area (Å²) in [5.74, 6) is -0.218. The average molecular weight is 202 g/mol. The van der Waals surface area contributed by atoms with Crippen LogP contribution in [0.2, 0.25) is 0 Å². The minimum absolute atomic E-state index is 0.00574. The SMILES string of the molecule is CCCCC[C@@H](CCCO)OC(C)=O. The van der Waals surface area contributed by atoms with Crippen molar-refractivity contribution >= 4 is 5.97 Å². The van der Waals surface area contributed by atoms with Gasteiger partial charge in [-0.2, -0.15) is 0 Å². The van der Waals surface area contributed by atoms with Crippen LogP contribution in [0.15, 0.2) is 0 Å². The van der Waals surface area contributed by atoms with Gasteiger partial charge in [-0.25, -0.2) is 0 Å². The topological polar surface area (TPSA) is 46.5 Å². The molecule has 0 saturated heterocycles. The number of ether oxygens (including phenoxy) is 1. The molecule has 1 atom stereocenters. The molecule has 0 amide bonds. The van der Waals surface area contributed by atoms with Crippen molar-refractivity contribution in [3.8, 4) is 0 Å². The fraction of sp³-hybridized carbons (Fsp3) is 0.909. The minimum Gasteiger partial charge on any atom is -0.463 e. The maximum atomic E-state index is 10.8. The molecule has 0 rings (SSSR count). The Hall–Kier alpha value is -0.570. The molecule has 84 valence electrons. The number of carbonyl (C=O) groups is 1. The van der Waals surface area contributed by atoms with Crippen LogP contribution in [0.1, 0.15) is 52.4 Å². The highest BCUT2D eigenvalue weighted by molar-refractivity contribution is 5.66. The molecule has 14 heavy (non-hydrogen) atoms. The van der Waals surface area contributed by atoms with Crippen LogP contribution < -0.4 is 0 Å². The van der Waals surface area contributed by atoms with Crippen molar-refractivity contribution in [2.24, 2.45) is 0 Å². The molecule has 0 fully saturated rings. The van der Waals surface area contributed by atoms with Gasteiger partial charge in [0.05, 0.1) is 0 Å². The van der Waals surface area contributed by atoms with Gasteiger partial charge in [-0.1, -0.05) is 19.8 Å². The van der Waals surface area contributed by atoms with Gasteiger partial charge in [0.25, 0.3) is 0 Å². The lowest BCUT2D eigenvalue weighted by Crippen LogP contribution is -2.16. The Balaban J connectivity index is 3.66. The molecule has 0 aliphatic carbocycles. The molecule has 0 radical (unpaired) electrons. The molecule has 0 spiro atoms. The maximum absolute atomic E-state index is 10.8. The smallest absolute Gasteiger partial charge is 0.302 e. The Morgan fingerprint density at radius 1 is 1.29 bits per heavy atom. The van der Waals surface area contributed by atoms with E-state index in [1.807, 2.05) is 0 Å². The lowest BCUT2D eigenvalue weighted by molar-refractivity contribution is -0.147. The van der Waals surface area contributed by atoms with Gasteiger partial charge in [-0.05, 0) is 25.7 Å². The van der Waals surface area contributed by atoms with Crippen molar-refractivity contribution in [3.63, 3.8) is 0 Å². The van der Waals surface area contributed by atoms with Gasteiger partial charge in [0.1, 0.15) is 6.10 Å². The zero-order valence-corrected chi connectivity index (χ0v) is 9.29. The summed E-state index contributed by atoms with van der Waals surface area (Å²) in [6, 6.07) is 0. The molecule has 0 unspecified atom stereocenters. The van der Waals surface area contributed by atoms with E-state index >= 15 is 0 Å². The zero-order chi connectivity index (χ0) is 10.8. The highest BCUT2D eigenvalue weighted by Crippen LogP contribution is 2.12. The van der Waals surface area contributed by atoms with E-state index in [2.05, 4.69) is 6.92 Å². The first kappa shape index (κ1) is 13.4. The molecular formula is C11H22O3. The quantitative estimate of drug-likeness (QED) is 0.485. The monoisotopic (exact) mass is 202 g/mol. The molecule has 1 N–H and O–H groups in total. The second-order valence-electron chi connectivity index (χ2n) is 3.59. The van der Waals surface area contributed by atoms with E-state index in [1.165, 1.54) is 19.8 Å². The fourth-order valence-electron chi connectivity index (χ4n) is 1.44. The number of aliphatic hydroxyl groups is 1. The van der Waals surface area contributed by atoms with Crippen LogP contribution in [0.4, 0.5) is 0 Å². The molecular weight excluding hydrogens is 180 g/mol. The fourth-order valence-corrected chi connectivity index (χ4v) is 1.44. The summed E-state index contributed by atoms with van der Waals surface area (Å²) in [5.41, 5.74) is 0. The number of esters is 1. The summed E-state index contributed by atoms with van der Waals surface area (Å²) in [5, 5.41) is 8.68. The van der Waals surface area contributed by atoms with E-state index in [1.54, 1.807) is 0 Å². The van der Waals surface area contributed by atoms with E-state index in [-0.39, 0.29) is 18.7 Å². The molecule has 0 aromatic heterocycles. The summed E-state index contributed by atoms with van der Waals surface area (Å²) in [4.78, 5) is 10.8. The van der Waals surface area contributed by atoms with Crippen molar-refractivity contribution in [1.29, 1.82) is 0 Å². The maximum Gasteiger partial charge on any atom is 0.302 e. The second kappa shape index (κ2) is 9.00. The molecule has 0 aromatic rings. The van der Waals surface area contributed by atoms with Crippen LogP contribution in [-0.4, -0.2) is 23.8 Å². The van der Waals surface area contributed by atoms with Crippen molar-refractivity contribution in [3.05, 3.63) is 0 Å². The van der Waals surface area contributed by atoms with Gasteiger partial charge in [-0.3, -0.25) is 4.79 Å². The number of rotatable bonds is 8. The Bertz CT molecular complexity index is 145. The van der Waals surface area contributed by atoms with E-state index in [9.17, 15) is 4.79 Å². The van der Waals surface area contributed by atoms with E-state index in [0.29, 0.717) is 6.42 Å². The minimum atomic E-state index is -0.218. The number of aliphatic hydroxyl groups excluding tert-OH is 1. The largest absolute Gasteiger partial charge is 0.463 e. The van der Waals surface area contributed by atoms with Crippen molar-refractivity contribution < 1.29 is 14.6 Å². The summed E-state index contributed by atoms with van der Waals surface area (Å²) in [7, 11) is 0. The zero-order valence-electron chi connectivity index (χ0n) is 9.29. The Morgan fingerprint density at radius 3 is 2.43 bits per heavy atom. The summed E-state index contributed by atoms with van der Waals surface area (Å²) >= 11 is 0. The molecule has 0 heterocycles. The van der Waals surface area contributed by atoms with Gasteiger partial charge in [0.15, 0.2) is 0 Å². The molecule has 3 heteroatoms. The number of hydrogen-bond acceptors (Lipinski definition) is 3. The Morgan fingerprint density at radius 2 is 1.93 bits per heavy atom. The Labute approximate surface area is 86.5 Å². The lowest BCUT2D eigenvalue weighted by Gasteiger charge is -2.16. The number of hydrogen-bond donors (Lipinski definition) is 1. The molecule has 0 saturated carbocycles. The van der Waals surface area contributed by atoms with Crippen molar-refractivity contribution in [2.75, 3.05) is 6.61 Å². The first-order valence-corrected chi connectivity index (χ1v) is 5.48. The van der Waals surface area contributed by atoms with Crippen LogP contribution >= 0.6 is 0 Å². The first-order chi connectivity index (χ1) is 6.70. The third-order valence-electron chi connectivity index (χ3n) is 2.15. The van der Waals surface area contributed by atoms with Gasteiger partial charge in [-0.15, -0.1) is 0 Å². The normalized spacial score (nSPS) is 12.5. The lowest BCUT2D eigenvalue weighted by atomic mass is 10.1. The van der Waals surface area contributed by atoms with Crippen LogP contribution in [0.25, 0.3) is 0 Å². The predicted molar refractivity (Wildman–Crippen MR) is 56.0 cm³/mol. The number of carbonyl (C=O) groups excluding carboxylic acids is 1. The van der Waals surface area contributed by atoms with Crippen molar-refractivity contribution in [1.82, 2.24) is 0 Å². The van der Waals surface area contributed by atoms with E-state index in [0.717, 1.165) is 19.3 Å². The highest BCUT2D eigenvalue weighted by atomic mass is 16.5. The highest BCUT2D eigenvalue weighted by Gasteiger charge is 2.10. The van der Waals surface area contributed by atoms with Gasteiger partial charge < -0.3 is 9.84 Å². The van der Waals surface area contributed by atoms with E-state index in [4.69, 9.17) is 9.84 Å². The molecule has 0 aromatic carbocycles. The van der Waals surface area contributed by atoms with Gasteiger partial charge in [0.2, 0.25) is 0 Å². The summed E-state index contributed by atoms with van der Waals surface area (Å²) < 4.78 is 5.15. The number of unbranched alkanes of at least 4 members (excludes halogenated alkanes) is 2. The first-order valence-electron chi connectivity index (χ1n) is 5.48. The van der Waals surface area contributed by atoms with Crippen LogP contribution in [0.5, 0.6) is 0 Å². The molecule has 3 nitrogen and oxygen atoms in total. The summed E-state index contributed by atoms with van der Waals surface area (Å²) in [6.07, 6.45) is 5.87.